The van der Waals surface area contributed by atoms with Crippen molar-refractivity contribution in [3.05, 3.63) is 53.7 Å². The van der Waals surface area contributed by atoms with Gasteiger partial charge in [-0.25, -0.2) is 18.2 Å². The molecule has 0 unspecified atom stereocenters. The first-order valence-corrected chi connectivity index (χ1v) is 12.0. The Hall–Kier alpha value is -2.45. The molecule has 3 rings (SSSR count). The minimum absolute atomic E-state index is 0.273. The predicted octanol–water partition coefficient (Wildman–Crippen LogP) is 4.68. The van der Waals surface area contributed by atoms with Gasteiger partial charge in [0, 0.05) is 24.8 Å². The number of hydrogen-bond donors (Lipinski definition) is 0. The highest BCUT2D eigenvalue weighted by molar-refractivity contribution is 7.89. The fourth-order valence-electron chi connectivity index (χ4n) is 3.76. The van der Waals surface area contributed by atoms with Crippen LogP contribution in [0.1, 0.15) is 57.7 Å². The zero-order valence-electron chi connectivity index (χ0n) is 18.8. The number of sulfonamides is 1. The molecule has 0 radical (unpaired) electrons. The Kier molecular flexibility index (Phi) is 6.71. The van der Waals surface area contributed by atoms with Gasteiger partial charge in [-0.05, 0) is 65.7 Å². The maximum Gasteiger partial charge on any atom is 0.415 e. The first-order chi connectivity index (χ1) is 14.5. The average Bonchev–Trinajstić information content (AvgIpc) is 3.18. The first kappa shape index (κ1) is 23.2. The molecule has 1 fully saturated rings. The lowest BCUT2D eigenvalue weighted by molar-refractivity contribution is 0.0580. The number of hydrogen-bond acceptors (Lipinski definition) is 5. The van der Waals surface area contributed by atoms with Crippen LogP contribution in [0.15, 0.2) is 47.5 Å². The van der Waals surface area contributed by atoms with Crippen molar-refractivity contribution in [2.75, 3.05) is 18.0 Å². The lowest BCUT2D eigenvalue weighted by Crippen LogP contribution is -2.38. The molecular formula is C23H31N3O4S. The number of carbonyl (C=O) groups excluding carboxylic acids is 1. The molecule has 1 aromatic heterocycles. The zero-order valence-corrected chi connectivity index (χ0v) is 19.6. The van der Waals surface area contributed by atoms with Crippen molar-refractivity contribution in [3.63, 3.8) is 0 Å². The highest BCUT2D eigenvalue weighted by Gasteiger charge is 2.38. The van der Waals surface area contributed by atoms with Crippen LogP contribution >= 0.6 is 0 Å². The fourth-order valence-corrected chi connectivity index (χ4v) is 5.44. The van der Waals surface area contributed by atoms with Crippen LogP contribution in [-0.4, -0.2) is 42.5 Å². The highest BCUT2D eigenvalue weighted by atomic mass is 32.2. The number of carbonyl (C=O) groups is 1. The fraction of sp³-hybridized carbons (Fsp3) is 0.478. The van der Waals surface area contributed by atoms with Crippen molar-refractivity contribution < 1.29 is 17.9 Å². The number of nitrogens with zero attached hydrogens (tertiary/aromatic N) is 3. The Morgan fingerprint density at radius 2 is 1.90 bits per heavy atom. The molecule has 2 heterocycles. The van der Waals surface area contributed by atoms with Gasteiger partial charge in [0.25, 0.3) is 0 Å². The number of amides is 1. The molecule has 1 aliphatic heterocycles. The summed E-state index contributed by atoms with van der Waals surface area (Å²) < 4.78 is 33.9. The second-order valence-corrected chi connectivity index (χ2v) is 10.6. The molecule has 7 nitrogen and oxygen atoms in total. The minimum atomic E-state index is -3.68. The van der Waals surface area contributed by atoms with E-state index < -0.39 is 27.8 Å². The van der Waals surface area contributed by atoms with Crippen LogP contribution in [0.4, 0.5) is 10.6 Å². The summed E-state index contributed by atoms with van der Waals surface area (Å²) in [6.07, 6.45) is 2.51. The summed E-state index contributed by atoms with van der Waals surface area (Å²) >= 11 is 0. The lowest BCUT2D eigenvalue weighted by Gasteiger charge is -2.30. The Balaban J connectivity index is 1.99. The van der Waals surface area contributed by atoms with Gasteiger partial charge in [0.05, 0.1) is 10.9 Å². The van der Waals surface area contributed by atoms with E-state index in [4.69, 9.17) is 4.74 Å². The molecule has 31 heavy (non-hydrogen) atoms. The third-order valence-corrected chi connectivity index (χ3v) is 7.12. The van der Waals surface area contributed by atoms with Crippen LogP contribution in [0.2, 0.25) is 0 Å². The maximum atomic E-state index is 13.4. The average molecular weight is 446 g/mol. The standard InChI is InChI=1S/C23H31N3O4S/c1-6-25(22(27)30-23(3,4)5)21-19(9-7-15-24-21)20-10-8-16-26(20)31(28,29)18-13-11-17(2)12-14-18/h7,9,11-15,20H,6,8,10,16H2,1-5H3/t20-/m0/s1. The van der Waals surface area contributed by atoms with Crippen LogP contribution in [0.5, 0.6) is 0 Å². The second kappa shape index (κ2) is 8.96. The molecule has 0 bridgehead atoms. The molecule has 0 spiro atoms. The van der Waals surface area contributed by atoms with E-state index in [0.29, 0.717) is 30.9 Å². The summed E-state index contributed by atoms with van der Waals surface area (Å²) in [5.41, 5.74) is 1.07. The quantitative estimate of drug-likeness (QED) is 0.668. The van der Waals surface area contributed by atoms with Gasteiger partial charge in [0.2, 0.25) is 10.0 Å². The Labute approximate surface area is 185 Å². The molecule has 0 N–H and O–H groups in total. The molecule has 8 heteroatoms. The zero-order chi connectivity index (χ0) is 22.8. The molecule has 1 aliphatic rings. The highest BCUT2D eigenvalue weighted by Crippen LogP contribution is 2.40. The number of rotatable bonds is 5. The van der Waals surface area contributed by atoms with Gasteiger partial charge in [-0.2, -0.15) is 4.31 Å². The summed E-state index contributed by atoms with van der Waals surface area (Å²) in [7, 11) is -3.68. The van der Waals surface area contributed by atoms with Gasteiger partial charge in [-0.3, -0.25) is 4.90 Å². The Bertz CT molecular complexity index is 1030. The SMILES string of the molecule is CCN(C(=O)OC(C)(C)C)c1ncccc1[C@@H]1CCCN1S(=O)(=O)c1ccc(C)cc1. The number of anilines is 1. The van der Waals surface area contributed by atoms with Gasteiger partial charge in [-0.1, -0.05) is 23.8 Å². The van der Waals surface area contributed by atoms with Gasteiger partial charge in [0.15, 0.2) is 0 Å². The van der Waals surface area contributed by atoms with E-state index in [1.807, 2.05) is 40.7 Å². The summed E-state index contributed by atoms with van der Waals surface area (Å²) in [4.78, 5) is 19.0. The smallest absolute Gasteiger partial charge is 0.415 e. The van der Waals surface area contributed by atoms with E-state index >= 15 is 0 Å². The van der Waals surface area contributed by atoms with Crippen LogP contribution in [-0.2, 0) is 14.8 Å². The monoisotopic (exact) mass is 445 g/mol. The van der Waals surface area contributed by atoms with Crippen molar-refractivity contribution in [2.45, 2.75) is 64.0 Å². The Morgan fingerprint density at radius 1 is 1.23 bits per heavy atom. The largest absolute Gasteiger partial charge is 0.443 e. The van der Waals surface area contributed by atoms with Gasteiger partial charge in [0.1, 0.15) is 11.4 Å². The number of aryl methyl sites for hydroxylation is 1. The van der Waals surface area contributed by atoms with E-state index in [1.54, 1.807) is 36.5 Å². The first-order valence-electron chi connectivity index (χ1n) is 10.6. The number of ether oxygens (including phenoxy) is 1. The molecule has 0 aliphatic carbocycles. The third-order valence-electron chi connectivity index (χ3n) is 5.19. The molecule has 2 aromatic rings. The summed E-state index contributed by atoms with van der Waals surface area (Å²) in [5.74, 6) is 0.440. The number of benzene rings is 1. The second-order valence-electron chi connectivity index (χ2n) is 8.73. The van der Waals surface area contributed by atoms with Crippen molar-refractivity contribution in [3.8, 4) is 0 Å². The van der Waals surface area contributed by atoms with Crippen molar-refractivity contribution in [1.29, 1.82) is 0 Å². The number of pyridine rings is 1. The van der Waals surface area contributed by atoms with Crippen LogP contribution in [0.25, 0.3) is 0 Å². The Morgan fingerprint density at radius 3 is 2.52 bits per heavy atom. The van der Waals surface area contributed by atoms with Gasteiger partial charge in [-0.15, -0.1) is 0 Å². The van der Waals surface area contributed by atoms with E-state index in [0.717, 1.165) is 12.0 Å². The summed E-state index contributed by atoms with van der Waals surface area (Å²) in [6, 6.07) is 10.1. The summed E-state index contributed by atoms with van der Waals surface area (Å²) in [6.45, 7) is 9.98. The summed E-state index contributed by atoms with van der Waals surface area (Å²) in [5, 5.41) is 0. The van der Waals surface area contributed by atoms with E-state index in [9.17, 15) is 13.2 Å². The molecule has 168 valence electrons. The predicted molar refractivity (Wildman–Crippen MR) is 121 cm³/mol. The maximum absolute atomic E-state index is 13.4. The molecule has 0 saturated carbocycles. The molecule has 1 amide bonds. The van der Waals surface area contributed by atoms with Crippen LogP contribution in [0, 0.1) is 6.92 Å². The topological polar surface area (TPSA) is 79.8 Å². The third kappa shape index (κ3) is 5.07. The van der Waals surface area contributed by atoms with E-state index in [2.05, 4.69) is 4.98 Å². The van der Waals surface area contributed by atoms with E-state index in [-0.39, 0.29) is 4.90 Å². The van der Waals surface area contributed by atoms with Crippen molar-refractivity contribution >= 4 is 21.9 Å². The lowest BCUT2D eigenvalue weighted by atomic mass is 10.1. The minimum Gasteiger partial charge on any atom is -0.443 e. The molecular weight excluding hydrogens is 414 g/mol. The van der Waals surface area contributed by atoms with Crippen molar-refractivity contribution in [1.82, 2.24) is 9.29 Å². The normalized spacial score (nSPS) is 17.5. The number of aromatic nitrogens is 1. The molecule has 1 aromatic carbocycles. The van der Waals surface area contributed by atoms with Gasteiger partial charge < -0.3 is 4.74 Å². The van der Waals surface area contributed by atoms with E-state index in [1.165, 1.54) is 9.21 Å². The van der Waals surface area contributed by atoms with Crippen molar-refractivity contribution in [2.24, 2.45) is 0 Å². The van der Waals surface area contributed by atoms with Crippen LogP contribution in [0.3, 0.4) is 0 Å². The molecule has 1 saturated heterocycles. The molecule has 1 atom stereocenters. The van der Waals surface area contributed by atoms with Gasteiger partial charge >= 0.3 is 6.09 Å². The van der Waals surface area contributed by atoms with Crippen LogP contribution < -0.4 is 4.90 Å².